The summed E-state index contributed by atoms with van der Waals surface area (Å²) >= 11 is 0. The first-order chi connectivity index (χ1) is 12.5. The van der Waals surface area contributed by atoms with E-state index in [0.717, 1.165) is 11.1 Å². The first-order valence-electron chi connectivity index (χ1n) is 8.33. The van der Waals surface area contributed by atoms with Crippen LogP contribution in [0.15, 0.2) is 63.9 Å². The summed E-state index contributed by atoms with van der Waals surface area (Å²) in [6.07, 6.45) is 1.81. The summed E-state index contributed by atoms with van der Waals surface area (Å²) in [6, 6.07) is 15.2. The molecule has 0 unspecified atom stereocenters. The molecule has 0 saturated heterocycles. The normalized spacial score (nSPS) is 11.0. The van der Waals surface area contributed by atoms with Crippen molar-refractivity contribution in [1.29, 1.82) is 0 Å². The fourth-order valence-electron chi connectivity index (χ4n) is 3.04. The van der Waals surface area contributed by atoms with Crippen LogP contribution >= 0.6 is 0 Å². The number of nitrogens with zero attached hydrogens (tertiary/aromatic N) is 2. The molecular weight excluding hydrogens is 328 g/mol. The largest absolute Gasteiger partial charge is 0.454 e. The van der Waals surface area contributed by atoms with Gasteiger partial charge in [-0.1, -0.05) is 18.2 Å². The minimum absolute atomic E-state index is 0.0161. The third-order valence-corrected chi connectivity index (χ3v) is 4.26. The van der Waals surface area contributed by atoms with Crippen LogP contribution in [0.3, 0.4) is 0 Å². The number of hydrogen-bond acceptors (Lipinski definition) is 4. The highest BCUT2D eigenvalue weighted by Gasteiger charge is 2.17. The van der Waals surface area contributed by atoms with E-state index in [1.807, 2.05) is 62.4 Å². The minimum atomic E-state index is -0.0161. The van der Waals surface area contributed by atoms with Crippen molar-refractivity contribution in [3.8, 4) is 22.6 Å². The van der Waals surface area contributed by atoms with Crippen LogP contribution in [0.2, 0.25) is 0 Å². The second-order valence-electron chi connectivity index (χ2n) is 6.26. The Kier molecular flexibility index (Phi) is 3.84. The van der Waals surface area contributed by atoms with Crippen LogP contribution in [0.4, 0.5) is 0 Å². The molecule has 0 aliphatic carbocycles. The van der Waals surface area contributed by atoms with Crippen LogP contribution in [-0.2, 0) is 7.05 Å². The Morgan fingerprint density at radius 1 is 1.08 bits per heavy atom. The lowest BCUT2D eigenvalue weighted by molar-refractivity contribution is 0.489. The van der Waals surface area contributed by atoms with E-state index >= 15 is 0 Å². The molecule has 0 N–H and O–H groups in total. The lowest BCUT2D eigenvalue weighted by Gasteiger charge is -2.13. The van der Waals surface area contributed by atoms with Crippen molar-refractivity contribution < 1.29 is 9.15 Å². The smallest absolute Gasteiger partial charge is 0.253 e. The number of rotatable bonds is 3. The van der Waals surface area contributed by atoms with Crippen molar-refractivity contribution in [2.75, 3.05) is 0 Å². The van der Waals surface area contributed by atoms with Crippen molar-refractivity contribution in [3.05, 3.63) is 76.5 Å². The van der Waals surface area contributed by atoms with Gasteiger partial charge in [0.15, 0.2) is 22.7 Å². The van der Waals surface area contributed by atoms with Crippen molar-refractivity contribution >= 4 is 11.1 Å². The Labute approximate surface area is 150 Å². The summed E-state index contributed by atoms with van der Waals surface area (Å²) < 4.78 is 13.4. The summed E-state index contributed by atoms with van der Waals surface area (Å²) in [5.41, 5.74) is 3.73. The first kappa shape index (κ1) is 16.1. The third-order valence-electron chi connectivity index (χ3n) is 4.26. The molecule has 0 aliphatic rings. The SMILES string of the molecule is Cc1nc2c(Oc3ccccc3)c(-c3cc(C)c(=O)n(C)c3)ccc2o1. The van der Waals surface area contributed by atoms with E-state index in [9.17, 15) is 4.79 Å². The van der Waals surface area contributed by atoms with Gasteiger partial charge in [0.1, 0.15) is 5.75 Å². The molecule has 0 radical (unpaired) electrons. The number of fused-ring (bicyclic) bond motifs is 1. The van der Waals surface area contributed by atoms with Gasteiger partial charge < -0.3 is 13.7 Å². The first-order valence-corrected chi connectivity index (χ1v) is 8.33. The quantitative estimate of drug-likeness (QED) is 0.544. The maximum atomic E-state index is 12.0. The van der Waals surface area contributed by atoms with E-state index in [4.69, 9.17) is 9.15 Å². The highest BCUT2D eigenvalue weighted by molar-refractivity contribution is 5.90. The van der Waals surface area contributed by atoms with Crippen LogP contribution in [0.1, 0.15) is 11.5 Å². The van der Waals surface area contributed by atoms with Crippen molar-refractivity contribution in [1.82, 2.24) is 9.55 Å². The predicted molar refractivity (Wildman–Crippen MR) is 101 cm³/mol. The Hall–Kier alpha value is -3.34. The van der Waals surface area contributed by atoms with Crippen LogP contribution in [0.25, 0.3) is 22.2 Å². The topological polar surface area (TPSA) is 57.3 Å². The second kappa shape index (κ2) is 6.19. The number of ether oxygens (including phenoxy) is 1. The maximum Gasteiger partial charge on any atom is 0.253 e. The van der Waals surface area contributed by atoms with E-state index in [2.05, 4.69) is 4.98 Å². The van der Waals surface area contributed by atoms with Gasteiger partial charge in [0, 0.05) is 36.9 Å². The zero-order chi connectivity index (χ0) is 18.3. The molecule has 5 nitrogen and oxygen atoms in total. The van der Waals surface area contributed by atoms with Crippen LogP contribution in [-0.4, -0.2) is 9.55 Å². The fourth-order valence-corrected chi connectivity index (χ4v) is 3.04. The average molecular weight is 346 g/mol. The monoisotopic (exact) mass is 346 g/mol. The minimum Gasteiger partial charge on any atom is -0.454 e. The van der Waals surface area contributed by atoms with Gasteiger partial charge in [-0.25, -0.2) is 4.98 Å². The molecule has 0 atom stereocenters. The number of benzene rings is 2. The molecule has 26 heavy (non-hydrogen) atoms. The Balaban J connectivity index is 1.97. The van der Waals surface area contributed by atoms with Gasteiger partial charge in [-0.15, -0.1) is 0 Å². The summed E-state index contributed by atoms with van der Waals surface area (Å²) in [7, 11) is 1.75. The van der Waals surface area contributed by atoms with Gasteiger partial charge in [-0.3, -0.25) is 4.79 Å². The Morgan fingerprint density at radius 3 is 2.58 bits per heavy atom. The zero-order valence-corrected chi connectivity index (χ0v) is 14.8. The van der Waals surface area contributed by atoms with Crippen LogP contribution < -0.4 is 10.3 Å². The third kappa shape index (κ3) is 2.77. The Bertz CT molecular complexity index is 1130. The van der Waals surface area contributed by atoms with Crippen molar-refractivity contribution in [3.63, 3.8) is 0 Å². The molecule has 4 aromatic rings. The van der Waals surface area contributed by atoms with E-state index in [-0.39, 0.29) is 5.56 Å². The molecule has 0 bridgehead atoms. The molecule has 0 amide bonds. The standard InChI is InChI=1S/C21H18N2O3/c1-13-11-15(12-23(3)21(13)24)17-9-10-18-19(22-14(2)25-18)20(17)26-16-7-5-4-6-8-16/h4-12H,1-3H3. The summed E-state index contributed by atoms with van der Waals surface area (Å²) in [5, 5.41) is 0. The van der Waals surface area contributed by atoms with E-state index in [1.54, 1.807) is 17.8 Å². The molecule has 5 heteroatoms. The van der Waals surface area contributed by atoms with E-state index in [0.29, 0.717) is 34.1 Å². The number of oxazole rings is 1. The molecule has 2 heterocycles. The van der Waals surface area contributed by atoms with Crippen LogP contribution in [0, 0.1) is 13.8 Å². The lowest BCUT2D eigenvalue weighted by atomic mass is 10.0. The molecule has 0 saturated carbocycles. The van der Waals surface area contributed by atoms with Gasteiger partial charge >= 0.3 is 0 Å². The molecule has 0 aliphatic heterocycles. The highest BCUT2D eigenvalue weighted by Crippen LogP contribution is 2.39. The van der Waals surface area contributed by atoms with Gasteiger partial charge in [0.05, 0.1) is 0 Å². The number of hydrogen-bond donors (Lipinski definition) is 0. The molecule has 0 spiro atoms. The number of pyridine rings is 1. The van der Waals surface area contributed by atoms with Gasteiger partial charge in [-0.2, -0.15) is 0 Å². The zero-order valence-electron chi connectivity index (χ0n) is 14.8. The van der Waals surface area contributed by atoms with Gasteiger partial charge in [0.25, 0.3) is 5.56 Å². The Morgan fingerprint density at radius 2 is 1.85 bits per heavy atom. The van der Waals surface area contributed by atoms with E-state index < -0.39 is 0 Å². The summed E-state index contributed by atoms with van der Waals surface area (Å²) in [5.74, 6) is 1.90. The molecule has 0 fully saturated rings. The lowest BCUT2D eigenvalue weighted by Crippen LogP contribution is -2.18. The number of para-hydroxylation sites is 1. The van der Waals surface area contributed by atoms with E-state index in [1.165, 1.54) is 0 Å². The second-order valence-corrected chi connectivity index (χ2v) is 6.26. The molecule has 130 valence electrons. The number of aromatic nitrogens is 2. The predicted octanol–water partition coefficient (Wildman–Crippen LogP) is 4.60. The molecular formula is C21H18N2O3. The highest BCUT2D eigenvalue weighted by atomic mass is 16.5. The molecule has 2 aromatic carbocycles. The summed E-state index contributed by atoms with van der Waals surface area (Å²) in [6.45, 7) is 3.62. The van der Waals surface area contributed by atoms with Crippen molar-refractivity contribution in [2.24, 2.45) is 7.05 Å². The fraction of sp³-hybridized carbons (Fsp3) is 0.143. The maximum absolute atomic E-state index is 12.0. The van der Waals surface area contributed by atoms with Crippen LogP contribution in [0.5, 0.6) is 11.5 Å². The average Bonchev–Trinajstić information content (AvgIpc) is 3.01. The molecule has 2 aromatic heterocycles. The summed E-state index contributed by atoms with van der Waals surface area (Å²) in [4.78, 5) is 16.5. The van der Waals surface area contributed by atoms with Crippen molar-refractivity contribution in [2.45, 2.75) is 13.8 Å². The molecule has 4 rings (SSSR count). The van der Waals surface area contributed by atoms with Gasteiger partial charge in [0.2, 0.25) is 0 Å². The van der Waals surface area contributed by atoms with Gasteiger partial charge in [-0.05, 0) is 37.3 Å². The number of aryl methyl sites for hydroxylation is 3.